The van der Waals surface area contributed by atoms with Crippen LogP contribution in [-0.4, -0.2) is 19.1 Å². The number of nitrogens with one attached hydrogen (secondary N) is 1. The lowest BCUT2D eigenvalue weighted by molar-refractivity contribution is -0.143. The Morgan fingerprint density at radius 2 is 1.90 bits per heavy atom. The van der Waals surface area contributed by atoms with Gasteiger partial charge in [-0.2, -0.15) is 0 Å². The van der Waals surface area contributed by atoms with Crippen LogP contribution in [0.3, 0.4) is 0 Å². The van der Waals surface area contributed by atoms with Gasteiger partial charge in [-0.05, 0) is 77.8 Å². The van der Waals surface area contributed by atoms with Gasteiger partial charge in [-0.3, -0.25) is 4.79 Å². The van der Waals surface area contributed by atoms with Gasteiger partial charge >= 0.3 is 5.97 Å². The quantitative estimate of drug-likeness (QED) is 0.483. The number of ether oxygens (including phenoxy) is 1. The minimum atomic E-state index is -0.0919. The number of carbonyl (C=O) groups excluding carboxylic acids is 1. The van der Waals surface area contributed by atoms with Crippen LogP contribution in [-0.2, 0) is 16.0 Å². The molecule has 3 heteroatoms. The first kappa shape index (κ1) is 19.5. The largest absolute Gasteiger partial charge is 0.466 e. The Morgan fingerprint density at radius 1 is 1.07 bits per heavy atom. The van der Waals surface area contributed by atoms with Crippen LogP contribution in [0.5, 0.6) is 0 Å². The second-order valence-corrected chi connectivity index (χ2v) is 7.83. The third-order valence-corrected chi connectivity index (χ3v) is 5.83. The molecule has 1 unspecified atom stereocenters. The molecule has 0 aromatic heterocycles. The van der Waals surface area contributed by atoms with E-state index in [-0.39, 0.29) is 11.9 Å². The van der Waals surface area contributed by atoms with Crippen molar-refractivity contribution in [1.82, 2.24) is 0 Å². The van der Waals surface area contributed by atoms with Crippen molar-refractivity contribution < 1.29 is 9.53 Å². The van der Waals surface area contributed by atoms with Crippen molar-refractivity contribution >= 4 is 22.4 Å². The lowest BCUT2D eigenvalue weighted by Crippen LogP contribution is -2.09. The third-order valence-electron chi connectivity index (χ3n) is 5.83. The van der Waals surface area contributed by atoms with Crippen molar-refractivity contribution in [2.75, 3.05) is 18.5 Å². The monoisotopic (exact) mass is 387 g/mol. The smallest absolute Gasteiger partial charge is 0.306 e. The van der Waals surface area contributed by atoms with Gasteiger partial charge in [0.05, 0.1) is 13.0 Å². The second kappa shape index (κ2) is 8.69. The van der Waals surface area contributed by atoms with Crippen LogP contribution in [0.15, 0.2) is 54.6 Å². The molecule has 3 aromatic rings. The van der Waals surface area contributed by atoms with E-state index in [2.05, 4.69) is 66.8 Å². The summed E-state index contributed by atoms with van der Waals surface area (Å²) in [7, 11) is 0. The van der Waals surface area contributed by atoms with E-state index in [1.165, 1.54) is 38.7 Å². The van der Waals surface area contributed by atoms with Crippen LogP contribution < -0.4 is 5.32 Å². The van der Waals surface area contributed by atoms with Crippen LogP contribution in [0.1, 0.15) is 50.2 Å². The first-order valence-electron chi connectivity index (χ1n) is 10.7. The summed E-state index contributed by atoms with van der Waals surface area (Å²) in [5, 5.41) is 6.12. The number of hydrogen-bond donors (Lipinski definition) is 1. The fraction of sp³-hybridized carbons (Fsp3) is 0.346. The number of rotatable bonds is 7. The van der Waals surface area contributed by atoms with Gasteiger partial charge in [0.2, 0.25) is 0 Å². The van der Waals surface area contributed by atoms with Gasteiger partial charge in [-0.1, -0.05) is 43.3 Å². The predicted octanol–water partition coefficient (Wildman–Crippen LogP) is 6.31. The van der Waals surface area contributed by atoms with Gasteiger partial charge in [0.15, 0.2) is 0 Å². The summed E-state index contributed by atoms with van der Waals surface area (Å²) in [4.78, 5) is 12.1. The van der Waals surface area contributed by atoms with Gasteiger partial charge < -0.3 is 10.1 Å². The first-order chi connectivity index (χ1) is 14.2. The molecule has 0 heterocycles. The predicted molar refractivity (Wildman–Crippen MR) is 120 cm³/mol. The Bertz CT molecular complexity index is 1020. The summed E-state index contributed by atoms with van der Waals surface area (Å²) >= 11 is 0. The summed E-state index contributed by atoms with van der Waals surface area (Å²) in [6.45, 7) is 5.45. The molecule has 0 bridgehead atoms. The molecule has 3 nitrogen and oxygen atoms in total. The summed E-state index contributed by atoms with van der Waals surface area (Å²) in [5.74, 6) is 0.161. The lowest BCUT2D eigenvalue weighted by Gasteiger charge is -2.17. The van der Waals surface area contributed by atoms with Crippen molar-refractivity contribution in [3.05, 3.63) is 65.7 Å². The fourth-order valence-corrected chi connectivity index (χ4v) is 4.38. The van der Waals surface area contributed by atoms with Gasteiger partial charge in [-0.25, -0.2) is 0 Å². The number of aryl methyl sites for hydroxylation is 1. The maximum absolute atomic E-state index is 12.1. The number of fused-ring (bicyclic) bond motifs is 2. The standard InChI is InChI=1S/C26H29NO2/c1-3-13-27-25-15-21-11-12-22(16-26(28)29-4-2)23(21)17-24(25)20-10-9-18-7-5-6-8-19(18)14-20/h5-10,14-15,17,22,27H,3-4,11-13,16H2,1-2H3. The molecule has 1 aliphatic rings. The van der Waals surface area contributed by atoms with Crippen LogP contribution in [0, 0.1) is 0 Å². The number of esters is 1. The maximum atomic E-state index is 12.1. The zero-order chi connectivity index (χ0) is 20.2. The fourth-order valence-electron chi connectivity index (χ4n) is 4.38. The van der Waals surface area contributed by atoms with E-state index >= 15 is 0 Å². The Kier molecular flexibility index (Phi) is 5.84. The molecule has 29 heavy (non-hydrogen) atoms. The van der Waals surface area contributed by atoms with Gasteiger partial charge in [0, 0.05) is 17.8 Å². The van der Waals surface area contributed by atoms with Crippen LogP contribution in [0.4, 0.5) is 5.69 Å². The summed E-state index contributed by atoms with van der Waals surface area (Å²) in [5.41, 5.74) is 6.30. The molecular formula is C26H29NO2. The Morgan fingerprint density at radius 3 is 2.69 bits per heavy atom. The zero-order valence-electron chi connectivity index (χ0n) is 17.3. The molecule has 0 radical (unpaired) electrons. The normalized spacial score (nSPS) is 15.3. The molecule has 0 saturated heterocycles. The minimum Gasteiger partial charge on any atom is -0.466 e. The van der Waals surface area contributed by atoms with Gasteiger partial charge in [-0.15, -0.1) is 0 Å². The highest BCUT2D eigenvalue weighted by Gasteiger charge is 2.27. The number of hydrogen-bond acceptors (Lipinski definition) is 3. The molecule has 0 fully saturated rings. The minimum absolute atomic E-state index is 0.0919. The van der Waals surface area contributed by atoms with Crippen LogP contribution in [0.2, 0.25) is 0 Å². The highest BCUT2D eigenvalue weighted by Crippen LogP contribution is 2.42. The summed E-state index contributed by atoms with van der Waals surface area (Å²) < 4.78 is 5.21. The van der Waals surface area contributed by atoms with Crippen molar-refractivity contribution in [2.24, 2.45) is 0 Å². The molecule has 1 aliphatic carbocycles. The summed E-state index contributed by atoms with van der Waals surface area (Å²) in [6, 6.07) is 19.8. The average molecular weight is 388 g/mol. The molecule has 4 rings (SSSR count). The van der Waals surface area contributed by atoms with Gasteiger partial charge in [0.1, 0.15) is 0 Å². The van der Waals surface area contributed by atoms with Crippen LogP contribution in [0.25, 0.3) is 21.9 Å². The van der Waals surface area contributed by atoms with Crippen LogP contribution >= 0.6 is 0 Å². The molecule has 3 aromatic carbocycles. The molecule has 150 valence electrons. The number of anilines is 1. The van der Waals surface area contributed by atoms with E-state index in [0.717, 1.165) is 25.8 Å². The second-order valence-electron chi connectivity index (χ2n) is 7.83. The summed E-state index contributed by atoms with van der Waals surface area (Å²) in [6.07, 6.45) is 3.60. The third kappa shape index (κ3) is 4.14. The van der Waals surface area contributed by atoms with E-state index in [1.54, 1.807) is 0 Å². The van der Waals surface area contributed by atoms with Crippen molar-refractivity contribution in [3.63, 3.8) is 0 Å². The van der Waals surface area contributed by atoms with E-state index in [4.69, 9.17) is 4.74 Å². The number of carbonyl (C=O) groups is 1. The molecule has 1 N–H and O–H groups in total. The molecule has 0 amide bonds. The molecule has 0 spiro atoms. The molecular weight excluding hydrogens is 358 g/mol. The Balaban J connectivity index is 1.75. The molecule has 0 saturated carbocycles. The first-order valence-corrected chi connectivity index (χ1v) is 10.7. The topological polar surface area (TPSA) is 38.3 Å². The highest BCUT2D eigenvalue weighted by atomic mass is 16.5. The molecule has 1 atom stereocenters. The highest BCUT2D eigenvalue weighted by molar-refractivity contribution is 5.90. The Labute approximate surface area is 173 Å². The lowest BCUT2D eigenvalue weighted by atomic mass is 9.92. The number of benzene rings is 3. The van der Waals surface area contributed by atoms with E-state index in [0.29, 0.717) is 13.0 Å². The average Bonchev–Trinajstić information content (AvgIpc) is 3.12. The maximum Gasteiger partial charge on any atom is 0.306 e. The molecule has 0 aliphatic heterocycles. The van der Waals surface area contributed by atoms with Crippen molar-refractivity contribution in [3.8, 4) is 11.1 Å². The van der Waals surface area contributed by atoms with Crippen molar-refractivity contribution in [1.29, 1.82) is 0 Å². The SMILES string of the molecule is CCCNc1cc2c(cc1-c1ccc3ccccc3c1)C(CC(=O)OCC)CC2. The zero-order valence-corrected chi connectivity index (χ0v) is 17.3. The van der Waals surface area contributed by atoms with Crippen molar-refractivity contribution in [2.45, 2.75) is 45.4 Å². The van der Waals surface area contributed by atoms with E-state index in [1.807, 2.05) is 6.92 Å². The van der Waals surface area contributed by atoms with E-state index < -0.39 is 0 Å². The van der Waals surface area contributed by atoms with E-state index in [9.17, 15) is 4.79 Å². The Hall–Kier alpha value is -2.81. The van der Waals surface area contributed by atoms with Gasteiger partial charge in [0.25, 0.3) is 0 Å².